The van der Waals surface area contributed by atoms with E-state index in [9.17, 15) is 0 Å². The van der Waals surface area contributed by atoms with Gasteiger partial charge in [-0.05, 0) is 31.0 Å². The molecular weight excluding hydrogens is 260 g/mol. The molecule has 110 valence electrons. The molecule has 0 amide bonds. The Bertz CT molecular complexity index is 639. The zero-order valence-electron chi connectivity index (χ0n) is 12.7. The molecule has 0 saturated heterocycles. The van der Waals surface area contributed by atoms with Crippen molar-refractivity contribution in [3.8, 4) is 5.75 Å². The van der Waals surface area contributed by atoms with Crippen LogP contribution in [-0.2, 0) is 13.0 Å². The van der Waals surface area contributed by atoms with Gasteiger partial charge in [-0.1, -0.05) is 35.9 Å². The molecule has 3 heteroatoms. The van der Waals surface area contributed by atoms with Crippen LogP contribution >= 0.6 is 0 Å². The number of aryl methyl sites for hydroxylation is 1. The highest BCUT2D eigenvalue weighted by Crippen LogP contribution is 2.30. The van der Waals surface area contributed by atoms with Crippen molar-refractivity contribution in [1.82, 2.24) is 0 Å². The molecule has 1 heterocycles. The van der Waals surface area contributed by atoms with E-state index >= 15 is 0 Å². The molecule has 2 N–H and O–H groups in total. The summed E-state index contributed by atoms with van der Waals surface area (Å²) in [5, 5.41) is 0. The number of fused-ring (bicyclic) bond motifs is 1. The normalized spacial score (nSPS) is 17.5. The van der Waals surface area contributed by atoms with Gasteiger partial charge in [-0.2, -0.15) is 0 Å². The number of methoxy groups -OCH3 is 1. The van der Waals surface area contributed by atoms with E-state index in [0.717, 1.165) is 25.3 Å². The molecule has 3 nitrogen and oxygen atoms in total. The fraction of sp³-hybridized carbons (Fsp3) is 0.333. The van der Waals surface area contributed by atoms with E-state index in [-0.39, 0.29) is 6.04 Å². The van der Waals surface area contributed by atoms with Gasteiger partial charge >= 0.3 is 0 Å². The van der Waals surface area contributed by atoms with Crippen LogP contribution in [0.2, 0.25) is 0 Å². The Morgan fingerprint density at radius 3 is 2.86 bits per heavy atom. The summed E-state index contributed by atoms with van der Waals surface area (Å²) in [6.07, 6.45) is 0.956. The van der Waals surface area contributed by atoms with E-state index in [0.29, 0.717) is 0 Å². The lowest BCUT2D eigenvalue weighted by Crippen LogP contribution is -2.42. The number of ether oxygens (including phenoxy) is 1. The highest BCUT2D eigenvalue weighted by Gasteiger charge is 2.22. The van der Waals surface area contributed by atoms with Crippen LogP contribution in [0.1, 0.15) is 16.7 Å². The monoisotopic (exact) mass is 282 g/mol. The summed E-state index contributed by atoms with van der Waals surface area (Å²) in [7, 11) is 1.73. The molecule has 0 saturated carbocycles. The summed E-state index contributed by atoms with van der Waals surface area (Å²) in [5.41, 5.74) is 11.3. The predicted octanol–water partition coefficient (Wildman–Crippen LogP) is 2.89. The summed E-state index contributed by atoms with van der Waals surface area (Å²) in [6.45, 7) is 3.82. The topological polar surface area (TPSA) is 38.5 Å². The predicted molar refractivity (Wildman–Crippen MR) is 86.9 cm³/mol. The number of benzene rings is 2. The van der Waals surface area contributed by atoms with Gasteiger partial charge in [0.15, 0.2) is 0 Å². The Hall–Kier alpha value is -2.00. The van der Waals surface area contributed by atoms with Crippen molar-refractivity contribution in [2.45, 2.75) is 25.9 Å². The van der Waals surface area contributed by atoms with Crippen LogP contribution in [0.25, 0.3) is 0 Å². The molecule has 1 atom stereocenters. The highest BCUT2D eigenvalue weighted by atomic mass is 16.5. The molecule has 1 aliphatic heterocycles. The van der Waals surface area contributed by atoms with E-state index in [1.165, 1.54) is 22.4 Å². The number of rotatable bonds is 3. The molecule has 1 aliphatic rings. The van der Waals surface area contributed by atoms with Gasteiger partial charge < -0.3 is 15.4 Å². The maximum Gasteiger partial charge on any atom is 0.123 e. The van der Waals surface area contributed by atoms with Gasteiger partial charge in [0.25, 0.3) is 0 Å². The third kappa shape index (κ3) is 2.88. The summed E-state index contributed by atoms with van der Waals surface area (Å²) in [5.74, 6) is 0.942. The van der Waals surface area contributed by atoms with Crippen LogP contribution in [0.15, 0.2) is 42.5 Å². The molecule has 0 aliphatic carbocycles. The van der Waals surface area contributed by atoms with Crippen LogP contribution in [0.3, 0.4) is 0 Å². The Morgan fingerprint density at radius 1 is 1.24 bits per heavy atom. The maximum absolute atomic E-state index is 6.22. The standard InChI is InChI=1S/C18H22N2O/c1-13-7-8-18(21-2)15(9-13)11-20-12-16(19)10-14-5-3-4-6-17(14)20/h3-9,16H,10-12,19H2,1-2H3. The highest BCUT2D eigenvalue weighted by molar-refractivity contribution is 5.57. The van der Waals surface area contributed by atoms with E-state index < -0.39 is 0 Å². The molecule has 2 aromatic rings. The Labute approximate surface area is 126 Å². The van der Waals surface area contributed by atoms with Crippen molar-refractivity contribution < 1.29 is 4.74 Å². The lowest BCUT2D eigenvalue weighted by Gasteiger charge is -2.35. The largest absolute Gasteiger partial charge is 0.496 e. The van der Waals surface area contributed by atoms with Crippen molar-refractivity contribution in [3.05, 3.63) is 59.2 Å². The van der Waals surface area contributed by atoms with Crippen LogP contribution in [0.4, 0.5) is 5.69 Å². The second-order valence-corrected chi connectivity index (χ2v) is 5.79. The summed E-state index contributed by atoms with van der Waals surface area (Å²) in [4.78, 5) is 2.36. The number of anilines is 1. The van der Waals surface area contributed by atoms with Gasteiger partial charge in [0.2, 0.25) is 0 Å². The van der Waals surface area contributed by atoms with Gasteiger partial charge in [0, 0.05) is 30.4 Å². The second-order valence-electron chi connectivity index (χ2n) is 5.79. The molecule has 0 radical (unpaired) electrons. The van der Waals surface area contributed by atoms with Gasteiger partial charge in [-0.15, -0.1) is 0 Å². The van der Waals surface area contributed by atoms with E-state index in [2.05, 4.69) is 48.2 Å². The molecule has 0 spiro atoms. The van der Waals surface area contributed by atoms with Crippen molar-refractivity contribution in [1.29, 1.82) is 0 Å². The van der Waals surface area contributed by atoms with Crippen molar-refractivity contribution in [2.75, 3.05) is 18.6 Å². The lowest BCUT2D eigenvalue weighted by molar-refractivity contribution is 0.408. The van der Waals surface area contributed by atoms with Crippen molar-refractivity contribution in [3.63, 3.8) is 0 Å². The van der Waals surface area contributed by atoms with E-state index in [1.54, 1.807) is 7.11 Å². The zero-order chi connectivity index (χ0) is 14.8. The molecule has 21 heavy (non-hydrogen) atoms. The number of nitrogens with zero attached hydrogens (tertiary/aromatic N) is 1. The first-order chi connectivity index (χ1) is 10.2. The van der Waals surface area contributed by atoms with Gasteiger partial charge in [0.1, 0.15) is 5.75 Å². The first-order valence-corrected chi connectivity index (χ1v) is 7.39. The number of para-hydroxylation sites is 1. The third-order valence-electron chi connectivity index (χ3n) is 4.07. The maximum atomic E-state index is 6.22. The number of hydrogen-bond donors (Lipinski definition) is 1. The Balaban J connectivity index is 1.93. The summed E-state index contributed by atoms with van der Waals surface area (Å²) >= 11 is 0. The summed E-state index contributed by atoms with van der Waals surface area (Å²) in [6, 6.07) is 15.0. The smallest absolute Gasteiger partial charge is 0.123 e. The second kappa shape index (κ2) is 5.78. The first kappa shape index (κ1) is 14.0. The molecule has 0 fully saturated rings. The molecule has 2 aromatic carbocycles. The average Bonchev–Trinajstić information content (AvgIpc) is 2.47. The van der Waals surface area contributed by atoms with Crippen LogP contribution in [0.5, 0.6) is 5.75 Å². The summed E-state index contributed by atoms with van der Waals surface area (Å²) < 4.78 is 5.50. The van der Waals surface area contributed by atoms with Crippen LogP contribution in [0, 0.1) is 6.92 Å². The minimum Gasteiger partial charge on any atom is -0.496 e. The molecule has 3 rings (SSSR count). The molecule has 0 aromatic heterocycles. The van der Waals surface area contributed by atoms with E-state index in [1.807, 2.05) is 6.07 Å². The van der Waals surface area contributed by atoms with Gasteiger partial charge in [-0.3, -0.25) is 0 Å². The zero-order valence-corrected chi connectivity index (χ0v) is 12.7. The van der Waals surface area contributed by atoms with Crippen LogP contribution in [-0.4, -0.2) is 19.7 Å². The minimum atomic E-state index is 0.190. The fourth-order valence-electron chi connectivity index (χ4n) is 3.11. The minimum absolute atomic E-state index is 0.190. The Kier molecular flexibility index (Phi) is 3.84. The SMILES string of the molecule is COc1ccc(C)cc1CN1CC(N)Cc2ccccc21. The molecule has 0 bridgehead atoms. The fourth-order valence-corrected chi connectivity index (χ4v) is 3.11. The molecule has 1 unspecified atom stereocenters. The van der Waals surface area contributed by atoms with Crippen molar-refractivity contribution >= 4 is 5.69 Å². The first-order valence-electron chi connectivity index (χ1n) is 7.39. The third-order valence-corrected chi connectivity index (χ3v) is 4.07. The van der Waals surface area contributed by atoms with Gasteiger partial charge in [-0.25, -0.2) is 0 Å². The average molecular weight is 282 g/mol. The Morgan fingerprint density at radius 2 is 2.05 bits per heavy atom. The molecular formula is C18H22N2O. The van der Waals surface area contributed by atoms with Crippen LogP contribution < -0.4 is 15.4 Å². The number of hydrogen-bond acceptors (Lipinski definition) is 3. The van der Waals surface area contributed by atoms with Crippen molar-refractivity contribution in [2.24, 2.45) is 5.73 Å². The number of nitrogens with two attached hydrogens (primary N) is 1. The van der Waals surface area contributed by atoms with Gasteiger partial charge in [0.05, 0.1) is 7.11 Å². The van der Waals surface area contributed by atoms with E-state index in [4.69, 9.17) is 10.5 Å². The quantitative estimate of drug-likeness (QED) is 0.940. The lowest BCUT2D eigenvalue weighted by atomic mass is 9.97.